The summed E-state index contributed by atoms with van der Waals surface area (Å²) in [4.78, 5) is 17.1. The Balaban J connectivity index is 1.67. The molecule has 6 heteroatoms. The molecule has 0 bridgehead atoms. The van der Waals surface area contributed by atoms with Crippen LogP contribution in [0.3, 0.4) is 0 Å². The lowest BCUT2D eigenvalue weighted by molar-refractivity contribution is -0.112. The molecule has 0 saturated carbocycles. The van der Waals surface area contributed by atoms with Crippen LogP contribution in [-0.4, -0.2) is 10.9 Å². The zero-order valence-corrected chi connectivity index (χ0v) is 15.9. The highest BCUT2D eigenvalue weighted by Crippen LogP contribution is 2.31. The predicted molar refractivity (Wildman–Crippen MR) is 113 cm³/mol. The standard InChI is InChI=1S/C23H14ClN3O2/c24-17-10-11-21-20(13-17)27-23(29-21)18-8-4-5-9-19(18)26-22(28)16(14-25)12-15-6-2-1-3-7-15/h1-13H,(H,26,28). The number of carbonyl (C=O) groups excluding carboxylic acids is 1. The quantitative estimate of drug-likeness (QED) is 0.353. The molecule has 4 rings (SSSR count). The van der Waals surface area contributed by atoms with Gasteiger partial charge in [0.2, 0.25) is 5.89 Å². The van der Waals surface area contributed by atoms with E-state index in [4.69, 9.17) is 16.0 Å². The second-order valence-electron chi connectivity index (χ2n) is 6.21. The molecular formula is C23H14ClN3O2. The lowest BCUT2D eigenvalue weighted by atomic mass is 10.1. The Hall–Kier alpha value is -3.88. The molecule has 0 atom stereocenters. The first-order chi connectivity index (χ1) is 14.1. The lowest BCUT2D eigenvalue weighted by Gasteiger charge is -2.08. The average molecular weight is 400 g/mol. The van der Waals surface area contributed by atoms with Gasteiger partial charge in [0.1, 0.15) is 17.2 Å². The average Bonchev–Trinajstić information content (AvgIpc) is 3.16. The van der Waals surface area contributed by atoms with Crippen molar-refractivity contribution >= 4 is 40.4 Å². The lowest BCUT2D eigenvalue weighted by Crippen LogP contribution is -2.14. The Labute approximate surface area is 171 Å². The first-order valence-corrected chi connectivity index (χ1v) is 9.15. The zero-order valence-electron chi connectivity index (χ0n) is 15.1. The Morgan fingerprint density at radius 1 is 1.07 bits per heavy atom. The number of nitrogens with one attached hydrogen (secondary N) is 1. The van der Waals surface area contributed by atoms with Crippen LogP contribution in [0.4, 0.5) is 5.69 Å². The highest BCUT2D eigenvalue weighted by Gasteiger charge is 2.16. The summed E-state index contributed by atoms with van der Waals surface area (Å²) < 4.78 is 5.81. The van der Waals surface area contributed by atoms with Gasteiger partial charge in [-0.1, -0.05) is 54.1 Å². The summed E-state index contributed by atoms with van der Waals surface area (Å²) in [6, 6.07) is 23.4. The van der Waals surface area contributed by atoms with E-state index in [2.05, 4.69) is 10.3 Å². The van der Waals surface area contributed by atoms with Crippen LogP contribution in [0.1, 0.15) is 5.56 Å². The van der Waals surface area contributed by atoms with Crippen molar-refractivity contribution in [1.29, 1.82) is 5.26 Å². The maximum atomic E-state index is 12.7. The summed E-state index contributed by atoms with van der Waals surface area (Å²) in [6.07, 6.45) is 1.54. The molecular weight excluding hydrogens is 386 g/mol. The molecule has 1 aromatic heterocycles. The van der Waals surface area contributed by atoms with Gasteiger partial charge in [-0.2, -0.15) is 5.26 Å². The fraction of sp³-hybridized carbons (Fsp3) is 0. The van der Waals surface area contributed by atoms with Crippen LogP contribution in [0.2, 0.25) is 5.02 Å². The van der Waals surface area contributed by atoms with E-state index in [-0.39, 0.29) is 5.57 Å². The van der Waals surface area contributed by atoms with E-state index in [1.54, 1.807) is 42.5 Å². The molecule has 1 heterocycles. The van der Waals surface area contributed by atoms with Gasteiger partial charge in [-0.3, -0.25) is 4.79 Å². The molecule has 4 aromatic rings. The molecule has 1 N–H and O–H groups in total. The van der Waals surface area contributed by atoms with Crippen molar-refractivity contribution in [3.8, 4) is 17.5 Å². The maximum Gasteiger partial charge on any atom is 0.266 e. The molecule has 0 fully saturated rings. The number of rotatable bonds is 4. The molecule has 0 saturated heterocycles. The SMILES string of the molecule is N#CC(=Cc1ccccc1)C(=O)Nc1ccccc1-c1nc2cc(Cl)ccc2o1. The zero-order chi connectivity index (χ0) is 20.2. The number of carbonyl (C=O) groups is 1. The molecule has 0 unspecified atom stereocenters. The summed E-state index contributed by atoms with van der Waals surface area (Å²) in [5, 5.41) is 12.8. The first kappa shape index (κ1) is 18.5. The van der Waals surface area contributed by atoms with Crippen molar-refractivity contribution < 1.29 is 9.21 Å². The first-order valence-electron chi connectivity index (χ1n) is 8.78. The Morgan fingerprint density at radius 3 is 2.62 bits per heavy atom. The minimum absolute atomic E-state index is 0.00431. The number of benzene rings is 3. The van der Waals surface area contributed by atoms with Crippen LogP contribution in [0, 0.1) is 11.3 Å². The fourth-order valence-electron chi connectivity index (χ4n) is 2.85. The van der Waals surface area contributed by atoms with Crippen molar-refractivity contribution in [2.24, 2.45) is 0 Å². The number of halogens is 1. The van der Waals surface area contributed by atoms with Crippen LogP contribution in [0.15, 0.2) is 82.8 Å². The van der Waals surface area contributed by atoms with E-state index < -0.39 is 5.91 Å². The predicted octanol–water partition coefficient (Wildman–Crippen LogP) is 5.69. The Morgan fingerprint density at radius 2 is 1.83 bits per heavy atom. The molecule has 0 radical (unpaired) electrons. The summed E-state index contributed by atoms with van der Waals surface area (Å²) in [5.41, 5.74) is 3.07. The van der Waals surface area contributed by atoms with Crippen molar-refractivity contribution in [2.75, 3.05) is 5.32 Å². The molecule has 3 aromatic carbocycles. The van der Waals surface area contributed by atoms with Crippen molar-refractivity contribution in [2.45, 2.75) is 0 Å². The molecule has 29 heavy (non-hydrogen) atoms. The van der Waals surface area contributed by atoms with E-state index in [1.165, 1.54) is 0 Å². The van der Waals surface area contributed by atoms with Crippen LogP contribution < -0.4 is 5.32 Å². The van der Waals surface area contributed by atoms with Crippen LogP contribution in [0.25, 0.3) is 28.6 Å². The number of para-hydroxylation sites is 1. The van der Waals surface area contributed by atoms with Gasteiger partial charge < -0.3 is 9.73 Å². The summed E-state index contributed by atoms with van der Waals surface area (Å²) >= 11 is 6.02. The number of hydrogen-bond donors (Lipinski definition) is 1. The fourth-order valence-corrected chi connectivity index (χ4v) is 3.01. The number of fused-ring (bicyclic) bond motifs is 1. The molecule has 0 aliphatic heterocycles. The topological polar surface area (TPSA) is 78.9 Å². The van der Waals surface area contributed by atoms with Crippen molar-refractivity contribution in [3.05, 3.63) is 89.0 Å². The van der Waals surface area contributed by atoms with E-state index in [0.29, 0.717) is 33.3 Å². The van der Waals surface area contributed by atoms with Gasteiger partial charge in [-0.05, 0) is 42.0 Å². The van der Waals surface area contributed by atoms with Gasteiger partial charge in [-0.15, -0.1) is 0 Å². The number of nitriles is 1. The minimum atomic E-state index is -0.511. The van der Waals surface area contributed by atoms with Gasteiger partial charge in [0, 0.05) is 5.02 Å². The number of nitrogens with zero attached hydrogens (tertiary/aromatic N) is 2. The van der Waals surface area contributed by atoms with E-state index in [9.17, 15) is 10.1 Å². The number of hydrogen-bond acceptors (Lipinski definition) is 4. The molecule has 0 aliphatic rings. The van der Waals surface area contributed by atoms with E-state index in [1.807, 2.05) is 42.5 Å². The van der Waals surface area contributed by atoms with Gasteiger partial charge in [0.25, 0.3) is 5.91 Å². The summed E-state index contributed by atoms with van der Waals surface area (Å²) in [6.45, 7) is 0. The Bertz CT molecular complexity index is 1270. The van der Waals surface area contributed by atoms with Gasteiger partial charge in [0.15, 0.2) is 5.58 Å². The molecule has 140 valence electrons. The number of oxazole rings is 1. The molecule has 1 amide bonds. The van der Waals surface area contributed by atoms with Crippen LogP contribution >= 0.6 is 11.6 Å². The number of amides is 1. The van der Waals surface area contributed by atoms with Gasteiger partial charge in [0.05, 0.1) is 11.3 Å². The number of anilines is 1. The van der Waals surface area contributed by atoms with E-state index >= 15 is 0 Å². The van der Waals surface area contributed by atoms with Crippen LogP contribution in [-0.2, 0) is 4.79 Å². The Kier molecular flexibility index (Phi) is 5.10. The molecule has 0 spiro atoms. The minimum Gasteiger partial charge on any atom is -0.436 e. The third-order valence-electron chi connectivity index (χ3n) is 4.23. The second-order valence-corrected chi connectivity index (χ2v) is 6.65. The molecule has 5 nitrogen and oxygen atoms in total. The summed E-state index contributed by atoms with van der Waals surface area (Å²) in [5.74, 6) is -0.160. The highest BCUT2D eigenvalue weighted by molar-refractivity contribution is 6.31. The monoisotopic (exact) mass is 399 g/mol. The van der Waals surface area contributed by atoms with Gasteiger partial charge in [-0.25, -0.2) is 4.98 Å². The number of aromatic nitrogens is 1. The molecule has 0 aliphatic carbocycles. The normalized spacial score (nSPS) is 11.2. The maximum absolute atomic E-state index is 12.7. The van der Waals surface area contributed by atoms with Crippen LogP contribution in [0.5, 0.6) is 0 Å². The van der Waals surface area contributed by atoms with Gasteiger partial charge >= 0.3 is 0 Å². The van der Waals surface area contributed by atoms with E-state index in [0.717, 1.165) is 5.56 Å². The third-order valence-corrected chi connectivity index (χ3v) is 4.47. The second kappa shape index (κ2) is 8.01. The third kappa shape index (κ3) is 4.03. The highest BCUT2D eigenvalue weighted by atomic mass is 35.5. The smallest absolute Gasteiger partial charge is 0.266 e. The largest absolute Gasteiger partial charge is 0.436 e. The van der Waals surface area contributed by atoms with Crippen molar-refractivity contribution in [1.82, 2.24) is 4.98 Å². The summed E-state index contributed by atoms with van der Waals surface area (Å²) in [7, 11) is 0. The van der Waals surface area contributed by atoms with Crippen molar-refractivity contribution in [3.63, 3.8) is 0 Å².